The highest BCUT2D eigenvalue weighted by molar-refractivity contribution is 6.31. The van der Waals surface area contributed by atoms with Gasteiger partial charge in [-0.1, -0.05) is 31.5 Å². The highest BCUT2D eigenvalue weighted by atomic mass is 35.5. The molecule has 24 heavy (non-hydrogen) atoms. The van der Waals surface area contributed by atoms with Crippen molar-refractivity contribution >= 4 is 29.6 Å². The van der Waals surface area contributed by atoms with Gasteiger partial charge in [0, 0.05) is 10.6 Å². The largest absolute Gasteiger partial charge is 0.463 e. The first-order chi connectivity index (χ1) is 11.5. The summed E-state index contributed by atoms with van der Waals surface area (Å²) in [7, 11) is 0. The molecule has 1 atom stereocenters. The molecule has 2 rings (SSSR count). The average Bonchev–Trinajstić information content (AvgIpc) is 3.05. The summed E-state index contributed by atoms with van der Waals surface area (Å²) in [6, 6.07) is 9.21. The van der Waals surface area contributed by atoms with Crippen LogP contribution in [0.5, 0.6) is 0 Å². The zero-order chi connectivity index (χ0) is 17.5. The van der Waals surface area contributed by atoms with Gasteiger partial charge in [0.25, 0.3) is 11.8 Å². The Bertz CT molecular complexity index is 726. The summed E-state index contributed by atoms with van der Waals surface area (Å²) in [6.07, 6.45) is 2.89. The van der Waals surface area contributed by atoms with Gasteiger partial charge in [0.1, 0.15) is 11.8 Å². The van der Waals surface area contributed by atoms with Crippen molar-refractivity contribution in [1.29, 1.82) is 0 Å². The Labute approximate surface area is 144 Å². The molecule has 0 aliphatic rings. The van der Waals surface area contributed by atoms with Crippen molar-refractivity contribution in [2.45, 2.75) is 19.9 Å². The van der Waals surface area contributed by atoms with Crippen LogP contribution in [0.1, 0.15) is 30.0 Å². The number of rotatable bonds is 6. The average molecular weight is 348 g/mol. The first kappa shape index (κ1) is 17.7. The lowest BCUT2D eigenvalue weighted by molar-refractivity contribution is -0.123. The number of nitrogens with one attached hydrogen (secondary N) is 2. The zero-order valence-electron chi connectivity index (χ0n) is 13.3. The monoisotopic (exact) mass is 347 g/mol. The molecule has 6 nitrogen and oxygen atoms in total. The number of hydrazone groups is 1. The molecule has 1 aromatic heterocycles. The molecule has 0 spiro atoms. The maximum Gasteiger partial charge on any atom is 0.262 e. The molecular weight excluding hydrogens is 330 g/mol. The fourth-order valence-corrected chi connectivity index (χ4v) is 2.17. The second kappa shape index (κ2) is 8.31. The maximum atomic E-state index is 12.3. The zero-order valence-corrected chi connectivity index (χ0v) is 14.1. The fraction of sp³-hybridized carbons (Fsp3) is 0.235. The third-order valence-corrected chi connectivity index (χ3v) is 3.47. The lowest BCUT2D eigenvalue weighted by Gasteiger charge is -2.20. The smallest absolute Gasteiger partial charge is 0.262 e. The third kappa shape index (κ3) is 4.96. The second-order valence-electron chi connectivity index (χ2n) is 5.46. The van der Waals surface area contributed by atoms with Gasteiger partial charge in [-0.2, -0.15) is 5.10 Å². The summed E-state index contributed by atoms with van der Waals surface area (Å²) >= 11 is 5.88. The van der Waals surface area contributed by atoms with E-state index >= 15 is 0 Å². The summed E-state index contributed by atoms with van der Waals surface area (Å²) < 4.78 is 5.07. The Morgan fingerprint density at radius 1 is 1.25 bits per heavy atom. The quantitative estimate of drug-likeness (QED) is 0.622. The number of amides is 2. The standard InChI is InChI=1S/C17H18ClN3O3/c1-11(2)15(17(23)21-19-10-14-7-4-8-24-14)20-16(22)12-5-3-6-13(18)9-12/h3-11,15H,1-2H3,(H,20,22)(H,21,23). The number of hydrogen-bond donors (Lipinski definition) is 2. The molecule has 0 fully saturated rings. The van der Waals surface area contributed by atoms with Crippen LogP contribution in [0.25, 0.3) is 0 Å². The topological polar surface area (TPSA) is 83.7 Å². The van der Waals surface area contributed by atoms with E-state index in [0.717, 1.165) is 0 Å². The van der Waals surface area contributed by atoms with E-state index < -0.39 is 11.9 Å². The Morgan fingerprint density at radius 2 is 2.04 bits per heavy atom. The van der Waals surface area contributed by atoms with Crippen LogP contribution < -0.4 is 10.7 Å². The molecule has 1 aromatic carbocycles. The molecule has 0 saturated carbocycles. The van der Waals surface area contributed by atoms with Crippen molar-refractivity contribution in [1.82, 2.24) is 10.7 Å². The Balaban J connectivity index is 2.00. The van der Waals surface area contributed by atoms with Gasteiger partial charge >= 0.3 is 0 Å². The second-order valence-corrected chi connectivity index (χ2v) is 5.89. The number of furan rings is 1. The van der Waals surface area contributed by atoms with E-state index in [1.165, 1.54) is 12.5 Å². The minimum absolute atomic E-state index is 0.119. The van der Waals surface area contributed by atoms with E-state index in [1.54, 1.807) is 36.4 Å². The van der Waals surface area contributed by atoms with Crippen LogP contribution in [-0.4, -0.2) is 24.1 Å². The van der Waals surface area contributed by atoms with Crippen LogP contribution in [0.4, 0.5) is 0 Å². The maximum absolute atomic E-state index is 12.3. The number of carbonyl (C=O) groups is 2. The van der Waals surface area contributed by atoms with Gasteiger partial charge in [0.05, 0.1) is 12.5 Å². The van der Waals surface area contributed by atoms with E-state index in [-0.39, 0.29) is 11.8 Å². The van der Waals surface area contributed by atoms with Crippen LogP contribution in [-0.2, 0) is 4.79 Å². The fourth-order valence-electron chi connectivity index (χ4n) is 1.98. The van der Waals surface area contributed by atoms with Gasteiger partial charge < -0.3 is 9.73 Å². The summed E-state index contributed by atoms with van der Waals surface area (Å²) in [6.45, 7) is 3.66. The molecule has 7 heteroatoms. The summed E-state index contributed by atoms with van der Waals surface area (Å²) in [5.41, 5.74) is 2.79. The minimum Gasteiger partial charge on any atom is -0.463 e. The van der Waals surface area contributed by atoms with Crippen LogP contribution in [0.15, 0.2) is 52.2 Å². The van der Waals surface area contributed by atoms with Gasteiger partial charge in [-0.05, 0) is 36.2 Å². The Kier molecular flexibility index (Phi) is 6.14. The van der Waals surface area contributed by atoms with E-state index in [1.807, 2.05) is 13.8 Å². The van der Waals surface area contributed by atoms with Crippen LogP contribution >= 0.6 is 11.6 Å². The van der Waals surface area contributed by atoms with Crippen LogP contribution in [0.3, 0.4) is 0 Å². The molecule has 0 aliphatic heterocycles. The van der Waals surface area contributed by atoms with E-state index in [0.29, 0.717) is 16.3 Å². The van der Waals surface area contributed by atoms with Crippen molar-refractivity contribution in [3.63, 3.8) is 0 Å². The van der Waals surface area contributed by atoms with Crippen molar-refractivity contribution in [2.75, 3.05) is 0 Å². The van der Waals surface area contributed by atoms with Crippen LogP contribution in [0.2, 0.25) is 5.02 Å². The highest BCUT2D eigenvalue weighted by Crippen LogP contribution is 2.11. The third-order valence-electron chi connectivity index (χ3n) is 3.23. The number of halogens is 1. The molecule has 1 unspecified atom stereocenters. The predicted molar refractivity (Wildman–Crippen MR) is 92.0 cm³/mol. The predicted octanol–water partition coefficient (Wildman–Crippen LogP) is 2.84. The molecular formula is C17H18ClN3O3. The van der Waals surface area contributed by atoms with Gasteiger partial charge in [0.15, 0.2) is 0 Å². The van der Waals surface area contributed by atoms with Crippen LogP contribution in [0, 0.1) is 5.92 Å². The van der Waals surface area contributed by atoms with E-state index in [9.17, 15) is 9.59 Å². The lowest BCUT2D eigenvalue weighted by atomic mass is 10.0. The van der Waals surface area contributed by atoms with Crippen molar-refractivity contribution in [3.8, 4) is 0 Å². The molecule has 0 radical (unpaired) electrons. The molecule has 2 amide bonds. The first-order valence-corrected chi connectivity index (χ1v) is 7.78. The van der Waals surface area contributed by atoms with Gasteiger partial charge in [0.2, 0.25) is 0 Å². The summed E-state index contributed by atoms with van der Waals surface area (Å²) in [5, 5.41) is 6.97. The molecule has 0 aliphatic carbocycles. The molecule has 0 bridgehead atoms. The SMILES string of the molecule is CC(C)C(NC(=O)c1cccc(Cl)c1)C(=O)NN=Cc1ccco1. The van der Waals surface area contributed by atoms with E-state index in [2.05, 4.69) is 15.8 Å². The van der Waals surface area contributed by atoms with Crippen molar-refractivity contribution < 1.29 is 14.0 Å². The molecule has 1 heterocycles. The normalized spacial score (nSPS) is 12.3. The van der Waals surface area contributed by atoms with Crippen molar-refractivity contribution in [2.24, 2.45) is 11.0 Å². The first-order valence-electron chi connectivity index (χ1n) is 7.40. The molecule has 2 N–H and O–H groups in total. The highest BCUT2D eigenvalue weighted by Gasteiger charge is 2.24. The van der Waals surface area contributed by atoms with Gasteiger partial charge in [-0.25, -0.2) is 5.43 Å². The number of benzene rings is 1. The molecule has 2 aromatic rings. The lowest BCUT2D eigenvalue weighted by Crippen LogP contribution is -2.48. The Hall–Kier alpha value is -2.60. The number of hydrogen-bond acceptors (Lipinski definition) is 4. The Morgan fingerprint density at radius 3 is 2.67 bits per heavy atom. The number of nitrogens with zero attached hydrogens (tertiary/aromatic N) is 1. The number of carbonyl (C=O) groups excluding carboxylic acids is 2. The summed E-state index contributed by atoms with van der Waals surface area (Å²) in [4.78, 5) is 24.5. The van der Waals surface area contributed by atoms with Gasteiger partial charge in [-0.15, -0.1) is 0 Å². The van der Waals surface area contributed by atoms with E-state index in [4.69, 9.17) is 16.0 Å². The minimum atomic E-state index is -0.731. The summed E-state index contributed by atoms with van der Waals surface area (Å²) in [5.74, 6) is -0.393. The molecule has 0 saturated heterocycles. The van der Waals surface area contributed by atoms with Crippen molar-refractivity contribution in [3.05, 3.63) is 59.0 Å². The van der Waals surface area contributed by atoms with Gasteiger partial charge in [-0.3, -0.25) is 9.59 Å². The molecule has 126 valence electrons.